The second-order valence-corrected chi connectivity index (χ2v) is 3.42. The molecule has 0 heterocycles. The second-order valence-electron chi connectivity index (χ2n) is 3.42. The lowest BCUT2D eigenvalue weighted by Crippen LogP contribution is -1.81. The van der Waals surface area contributed by atoms with Gasteiger partial charge in [0.2, 0.25) is 0 Å². The maximum atomic E-state index is 11.8. The van der Waals surface area contributed by atoms with E-state index < -0.39 is 6.08 Å². The van der Waals surface area contributed by atoms with E-state index in [0.717, 1.165) is 6.42 Å². The van der Waals surface area contributed by atoms with Gasteiger partial charge in [0.15, 0.2) is 0 Å². The normalized spacial score (nSPS) is 21.8. The lowest BCUT2D eigenvalue weighted by atomic mass is 10.1. The molecular formula is C10H18F2. The fourth-order valence-electron chi connectivity index (χ4n) is 1.22. The molecule has 0 amide bonds. The van der Waals surface area contributed by atoms with Gasteiger partial charge < -0.3 is 0 Å². The maximum absolute atomic E-state index is 11.8. The van der Waals surface area contributed by atoms with Gasteiger partial charge in [0.1, 0.15) is 0 Å². The minimum Gasteiger partial charge on any atom is -0.173 e. The van der Waals surface area contributed by atoms with Crippen LogP contribution in [-0.4, -0.2) is 0 Å². The average Bonchev–Trinajstić information content (AvgIpc) is 2.37. The van der Waals surface area contributed by atoms with Crippen LogP contribution in [-0.2, 0) is 0 Å². The summed E-state index contributed by atoms with van der Waals surface area (Å²) >= 11 is 0. The van der Waals surface area contributed by atoms with Gasteiger partial charge in [-0.1, -0.05) is 27.2 Å². The van der Waals surface area contributed by atoms with Crippen LogP contribution in [0.2, 0.25) is 0 Å². The highest BCUT2D eigenvalue weighted by molar-refractivity contribution is 5.07. The van der Waals surface area contributed by atoms with E-state index in [1.54, 1.807) is 0 Å². The molecule has 2 heteroatoms. The molecule has 1 aliphatic carbocycles. The van der Waals surface area contributed by atoms with Crippen LogP contribution in [0.5, 0.6) is 0 Å². The SMILES string of the molecule is CC1CCC(=C(F)F)C1.CCC. The van der Waals surface area contributed by atoms with Crippen molar-refractivity contribution >= 4 is 0 Å². The Hall–Kier alpha value is -0.400. The topological polar surface area (TPSA) is 0 Å². The molecule has 1 saturated carbocycles. The average molecular weight is 176 g/mol. The zero-order valence-electron chi connectivity index (χ0n) is 8.16. The number of hydrogen-bond donors (Lipinski definition) is 0. The van der Waals surface area contributed by atoms with Crippen LogP contribution < -0.4 is 0 Å². The lowest BCUT2D eigenvalue weighted by molar-refractivity contribution is 0.407. The molecule has 0 spiro atoms. The van der Waals surface area contributed by atoms with E-state index in [1.165, 1.54) is 6.42 Å². The van der Waals surface area contributed by atoms with E-state index in [2.05, 4.69) is 13.8 Å². The van der Waals surface area contributed by atoms with Gasteiger partial charge in [-0.25, -0.2) is 0 Å². The summed E-state index contributed by atoms with van der Waals surface area (Å²) in [5.41, 5.74) is 0.377. The van der Waals surface area contributed by atoms with Gasteiger partial charge in [0.25, 0.3) is 6.08 Å². The smallest absolute Gasteiger partial charge is 0.173 e. The molecule has 1 unspecified atom stereocenters. The van der Waals surface area contributed by atoms with E-state index in [4.69, 9.17) is 0 Å². The first-order valence-corrected chi connectivity index (χ1v) is 4.64. The standard InChI is InChI=1S/C7H10F2.C3H8/c1-5-2-3-6(4-5)7(8)9;1-3-2/h5H,2-4H2,1H3;3H2,1-2H3. The summed E-state index contributed by atoms with van der Waals surface area (Å²) < 4.78 is 23.6. The summed E-state index contributed by atoms with van der Waals surface area (Å²) in [5.74, 6) is 0.474. The third-order valence-electron chi connectivity index (χ3n) is 1.80. The van der Waals surface area contributed by atoms with Crippen molar-refractivity contribution in [2.75, 3.05) is 0 Å². The Bertz CT molecular complexity index is 146. The molecule has 0 aliphatic heterocycles. The van der Waals surface area contributed by atoms with Crippen LogP contribution in [0.1, 0.15) is 46.5 Å². The van der Waals surface area contributed by atoms with Crippen molar-refractivity contribution in [1.29, 1.82) is 0 Å². The van der Waals surface area contributed by atoms with Crippen molar-refractivity contribution in [2.45, 2.75) is 46.5 Å². The quantitative estimate of drug-likeness (QED) is 0.514. The van der Waals surface area contributed by atoms with Crippen LogP contribution >= 0.6 is 0 Å². The molecule has 72 valence electrons. The molecule has 0 saturated heterocycles. The summed E-state index contributed by atoms with van der Waals surface area (Å²) in [5, 5.41) is 0. The number of halogens is 2. The minimum absolute atomic E-state index is 0.377. The zero-order valence-corrected chi connectivity index (χ0v) is 8.16. The van der Waals surface area contributed by atoms with Gasteiger partial charge in [-0.2, -0.15) is 8.78 Å². The molecule has 1 fully saturated rings. The van der Waals surface area contributed by atoms with Crippen LogP contribution in [0.4, 0.5) is 8.78 Å². The summed E-state index contributed by atoms with van der Waals surface area (Å²) in [6, 6.07) is 0. The van der Waals surface area contributed by atoms with Gasteiger partial charge in [0, 0.05) is 0 Å². The molecule has 0 aromatic heterocycles. The monoisotopic (exact) mass is 176 g/mol. The van der Waals surface area contributed by atoms with Crippen LogP contribution in [0.15, 0.2) is 11.7 Å². The molecule has 0 N–H and O–H groups in total. The third-order valence-corrected chi connectivity index (χ3v) is 1.80. The Morgan fingerprint density at radius 1 is 1.42 bits per heavy atom. The van der Waals surface area contributed by atoms with Crippen LogP contribution in [0.25, 0.3) is 0 Å². The Morgan fingerprint density at radius 3 is 2.08 bits per heavy atom. The van der Waals surface area contributed by atoms with E-state index in [9.17, 15) is 8.78 Å². The fourth-order valence-corrected chi connectivity index (χ4v) is 1.22. The van der Waals surface area contributed by atoms with Crippen molar-refractivity contribution in [3.63, 3.8) is 0 Å². The van der Waals surface area contributed by atoms with E-state index in [1.807, 2.05) is 6.92 Å². The van der Waals surface area contributed by atoms with E-state index >= 15 is 0 Å². The van der Waals surface area contributed by atoms with Gasteiger partial charge in [-0.05, 0) is 30.8 Å². The van der Waals surface area contributed by atoms with Crippen LogP contribution in [0.3, 0.4) is 0 Å². The van der Waals surface area contributed by atoms with Crippen molar-refractivity contribution < 1.29 is 8.78 Å². The third kappa shape index (κ3) is 4.47. The Balaban J connectivity index is 0.000000354. The largest absolute Gasteiger partial charge is 0.269 e. The predicted octanol–water partition coefficient (Wildman–Crippen LogP) is 4.37. The first kappa shape index (κ1) is 11.6. The second kappa shape index (κ2) is 6.15. The molecule has 0 bridgehead atoms. The summed E-state index contributed by atoms with van der Waals surface area (Å²) in [4.78, 5) is 0. The number of hydrogen-bond acceptors (Lipinski definition) is 0. The van der Waals surface area contributed by atoms with E-state index in [0.29, 0.717) is 24.3 Å². The van der Waals surface area contributed by atoms with Crippen molar-refractivity contribution in [2.24, 2.45) is 5.92 Å². The molecule has 1 aliphatic rings. The molecule has 0 radical (unpaired) electrons. The van der Waals surface area contributed by atoms with Crippen molar-refractivity contribution in [1.82, 2.24) is 0 Å². The Kier molecular flexibility index (Phi) is 5.95. The molecule has 0 nitrogen and oxygen atoms in total. The Labute approximate surface area is 73.7 Å². The maximum Gasteiger partial charge on any atom is 0.269 e. The van der Waals surface area contributed by atoms with Gasteiger partial charge in [-0.15, -0.1) is 0 Å². The highest BCUT2D eigenvalue weighted by Crippen LogP contribution is 2.32. The van der Waals surface area contributed by atoms with Crippen molar-refractivity contribution in [3.05, 3.63) is 11.7 Å². The molecule has 1 rings (SSSR count). The molecule has 0 aromatic rings. The highest BCUT2D eigenvalue weighted by Gasteiger charge is 2.18. The molecule has 1 atom stereocenters. The summed E-state index contributed by atoms with van der Waals surface area (Å²) in [6.07, 6.45) is 1.97. The molecule has 0 aromatic carbocycles. The van der Waals surface area contributed by atoms with E-state index in [-0.39, 0.29) is 0 Å². The number of allylic oxidation sites excluding steroid dienone is 1. The first-order chi connectivity index (χ1) is 5.61. The molecule has 12 heavy (non-hydrogen) atoms. The van der Waals surface area contributed by atoms with Crippen molar-refractivity contribution in [3.8, 4) is 0 Å². The Morgan fingerprint density at radius 2 is 1.92 bits per heavy atom. The number of rotatable bonds is 0. The summed E-state index contributed by atoms with van der Waals surface area (Å²) in [6.45, 7) is 6.26. The first-order valence-electron chi connectivity index (χ1n) is 4.64. The van der Waals surface area contributed by atoms with Gasteiger partial charge in [-0.3, -0.25) is 0 Å². The highest BCUT2D eigenvalue weighted by atomic mass is 19.3. The lowest BCUT2D eigenvalue weighted by Gasteiger charge is -1.93. The fraction of sp³-hybridized carbons (Fsp3) is 0.800. The van der Waals surface area contributed by atoms with Gasteiger partial charge in [0.05, 0.1) is 0 Å². The van der Waals surface area contributed by atoms with Gasteiger partial charge >= 0.3 is 0 Å². The minimum atomic E-state index is -1.45. The zero-order chi connectivity index (χ0) is 9.56. The predicted molar refractivity (Wildman–Crippen MR) is 48.2 cm³/mol. The summed E-state index contributed by atoms with van der Waals surface area (Å²) in [7, 11) is 0. The molecular weight excluding hydrogens is 158 g/mol. The van der Waals surface area contributed by atoms with Crippen LogP contribution in [0, 0.1) is 5.92 Å².